The van der Waals surface area contributed by atoms with Crippen molar-refractivity contribution in [2.75, 3.05) is 0 Å². The molecule has 0 aliphatic heterocycles. The fourth-order valence-corrected chi connectivity index (χ4v) is 1.88. The number of carbonyl (C=O) groups excluding carboxylic acids is 1. The van der Waals surface area contributed by atoms with Crippen LogP contribution in [0.25, 0.3) is 22.7 Å². The van der Waals surface area contributed by atoms with Crippen molar-refractivity contribution >= 4 is 6.29 Å². The van der Waals surface area contributed by atoms with E-state index in [0.29, 0.717) is 30.2 Å². The van der Waals surface area contributed by atoms with Crippen molar-refractivity contribution in [3.63, 3.8) is 0 Å². The van der Waals surface area contributed by atoms with E-state index in [1.54, 1.807) is 12.1 Å². The first kappa shape index (κ1) is 12.3. The maximum atomic E-state index is 10.7. The molecule has 1 aromatic carbocycles. The molecule has 0 atom stereocenters. The van der Waals surface area contributed by atoms with Crippen LogP contribution in [-0.2, 0) is 6.54 Å². The van der Waals surface area contributed by atoms with Crippen LogP contribution < -0.4 is 0 Å². The highest BCUT2D eigenvalue weighted by molar-refractivity contribution is 5.73. The number of hydrogen-bond acceptors (Lipinski definition) is 5. The second-order valence-electron chi connectivity index (χ2n) is 4.20. The van der Waals surface area contributed by atoms with Crippen LogP contribution in [0.3, 0.4) is 0 Å². The molecule has 0 unspecified atom stereocenters. The number of benzene rings is 1. The normalized spacial score (nSPS) is 10.7. The van der Waals surface area contributed by atoms with Gasteiger partial charge in [-0.15, -0.1) is 10.2 Å². The summed E-state index contributed by atoms with van der Waals surface area (Å²) in [7, 11) is 0. The lowest BCUT2D eigenvalue weighted by molar-refractivity contribution is 0.110. The number of nitrogens with zero attached hydrogens (tertiary/aromatic N) is 4. The van der Waals surface area contributed by atoms with Gasteiger partial charge >= 0.3 is 0 Å². The van der Waals surface area contributed by atoms with E-state index in [0.717, 1.165) is 11.1 Å². The molecule has 100 valence electrons. The molecular weight excluding hydrogens is 256 g/mol. The molecule has 0 N–H and O–H groups in total. The SMILES string of the molecule is CCn1nnc(-c2cccc(-c3ccc(C=O)o3)c2)n1. The molecule has 0 aliphatic rings. The molecule has 0 fully saturated rings. The van der Waals surface area contributed by atoms with Gasteiger partial charge in [-0.05, 0) is 30.3 Å². The van der Waals surface area contributed by atoms with Gasteiger partial charge in [0.1, 0.15) is 5.76 Å². The van der Waals surface area contributed by atoms with Crippen LogP contribution in [0.2, 0.25) is 0 Å². The van der Waals surface area contributed by atoms with Crippen molar-refractivity contribution in [3.05, 3.63) is 42.2 Å². The van der Waals surface area contributed by atoms with Crippen molar-refractivity contribution in [2.24, 2.45) is 0 Å². The van der Waals surface area contributed by atoms with Crippen molar-refractivity contribution < 1.29 is 9.21 Å². The average Bonchev–Trinajstić information content (AvgIpc) is 3.16. The van der Waals surface area contributed by atoms with Crippen LogP contribution in [0.1, 0.15) is 17.5 Å². The number of carbonyl (C=O) groups is 1. The third kappa shape index (κ3) is 2.23. The summed E-state index contributed by atoms with van der Waals surface area (Å²) < 4.78 is 5.41. The van der Waals surface area contributed by atoms with Crippen LogP contribution in [0.15, 0.2) is 40.8 Å². The largest absolute Gasteiger partial charge is 0.453 e. The topological polar surface area (TPSA) is 73.8 Å². The van der Waals surface area contributed by atoms with Gasteiger partial charge in [0.25, 0.3) is 0 Å². The van der Waals surface area contributed by atoms with E-state index in [4.69, 9.17) is 4.42 Å². The molecule has 3 aromatic rings. The number of aldehydes is 1. The van der Waals surface area contributed by atoms with E-state index in [9.17, 15) is 4.79 Å². The number of hydrogen-bond donors (Lipinski definition) is 0. The monoisotopic (exact) mass is 268 g/mol. The van der Waals surface area contributed by atoms with Crippen LogP contribution in [0, 0.1) is 0 Å². The van der Waals surface area contributed by atoms with Gasteiger partial charge in [-0.25, -0.2) is 0 Å². The molecule has 0 aliphatic carbocycles. The van der Waals surface area contributed by atoms with Gasteiger partial charge < -0.3 is 4.42 Å². The third-order valence-corrected chi connectivity index (χ3v) is 2.88. The molecule has 2 heterocycles. The molecule has 0 saturated heterocycles. The Morgan fingerprint density at radius 2 is 2.10 bits per heavy atom. The number of aromatic nitrogens is 4. The standard InChI is InChI=1S/C14H12N4O2/c1-2-18-16-14(15-17-18)11-5-3-4-10(8-11)13-7-6-12(9-19)20-13/h3-9H,2H2,1H3. The number of furan rings is 1. The molecule has 0 spiro atoms. The molecule has 3 rings (SSSR count). The lowest BCUT2D eigenvalue weighted by Gasteiger charge is -1.99. The first-order chi connectivity index (χ1) is 9.80. The van der Waals surface area contributed by atoms with Crippen LogP contribution >= 0.6 is 0 Å². The minimum absolute atomic E-state index is 0.306. The predicted octanol–water partition coefficient (Wildman–Crippen LogP) is 2.43. The third-order valence-electron chi connectivity index (χ3n) is 2.88. The van der Waals surface area contributed by atoms with Gasteiger partial charge in [0, 0.05) is 11.1 Å². The maximum Gasteiger partial charge on any atom is 0.204 e. The Balaban J connectivity index is 1.98. The minimum atomic E-state index is 0.306. The second kappa shape index (κ2) is 5.08. The van der Waals surface area contributed by atoms with Gasteiger partial charge in [0.15, 0.2) is 12.0 Å². The van der Waals surface area contributed by atoms with Crippen molar-refractivity contribution in [1.82, 2.24) is 20.2 Å². The molecule has 0 radical (unpaired) electrons. The van der Waals surface area contributed by atoms with Crippen molar-refractivity contribution in [3.8, 4) is 22.7 Å². The van der Waals surface area contributed by atoms with Gasteiger partial charge in [0.2, 0.25) is 5.82 Å². The van der Waals surface area contributed by atoms with Crippen molar-refractivity contribution in [1.29, 1.82) is 0 Å². The minimum Gasteiger partial charge on any atom is -0.453 e. The Hall–Kier alpha value is -2.76. The Morgan fingerprint density at radius 3 is 2.80 bits per heavy atom. The van der Waals surface area contributed by atoms with Crippen LogP contribution in [-0.4, -0.2) is 26.5 Å². The lowest BCUT2D eigenvalue weighted by Crippen LogP contribution is -1.98. The van der Waals surface area contributed by atoms with Crippen molar-refractivity contribution in [2.45, 2.75) is 13.5 Å². The van der Waals surface area contributed by atoms with E-state index in [-0.39, 0.29) is 0 Å². The molecule has 0 amide bonds. The lowest BCUT2D eigenvalue weighted by atomic mass is 10.1. The summed E-state index contributed by atoms with van der Waals surface area (Å²) in [5.74, 6) is 1.51. The van der Waals surface area contributed by atoms with Gasteiger partial charge in [-0.3, -0.25) is 4.79 Å². The number of rotatable bonds is 4. The predicted molar refractivity (Wildman–Crippen MR) is 72.0 cm³/mol. The van der Waals surface area contributed by atoms with E-state index in [1.165, 1.54) is 4.80 Å². The first-order valence-electron chi connectivity index (χ1n) is 6.24. The maximum absolute atomic E-state index is 10.7. The summed E-state index contributed by atoms with van der Waals surface area (Å²) in [4.78, 5) is 12.2. The van der Waals surface area contributed by atoms with Gasteiger partial charge in [-0.1, -0.05) is 18.2 Å². The summed E-state index contributed by atoms with van der Waals surface area (Å²) in [6.07, 6.45) is 0.682. The fraction of sp³-hybridized carbons (Fsp3) is 0.143. The highest BCUT2D eigenvalue weighted by Crippen LogP contribution is 2.25. The first-order valence-corrected chi connectivity index (χ1v) is 6.24. The molecule has 6 nitrogen and oxygen atoms in total. The Bertz CT molecular complexity index is 745. The zero-order valence-corrected chi connectivity index (χ0v) is 10.9. The Labute approximate surface area is 115 Å². The highest BCUT2D eigenvalue weighted by Gasteiger charge is 2.09. The summed E-state index contributed by atoms with van der Waals surface area (Å²) in [6.45, 7) is 2.62. The molecule has 2 aromatic heterocycles. The van der Waals surface area contributed by atoms with E-state index < -0.39 is 0 Å². The smallest absolute Gasteiger partial charge is 0.204 e. The zero-order chi connectivity index (χ0) is 13.9. The Kier molecular flexibility index (Phi) is 3.12. The molecule has 20 heavy (non-hydrogen) atoms. The fourth-order valence-electron chi connectivity index (χ4n) is 1.88. The quantitative estimate of drug-likeness (QED) is 0.679. The van der Waals surface area contributed by atoms with E-state index in [2.05, 4.69) is 15.4 Å². The van der Waals surface area contributed by atoms with Crippen LogP contribution in [0.4, 0.5) is 0 Å². The Morgan fingerprint density at radius 1 is 1.25 bits per heavy atom. The number of tetrazole rings is 1. The highest BCUT2D eigenvalue weighted by atomic mass is 16.3. The number of aryl methyl sites for hydroxylation is 1. The van der Waals surface area contributed by atoms with Gasteiger partial charge in [-0.2, -0.15) is 4.80 Å². The summed E-state index contributed by atoms with van der Waals surface area (Å²) in [5, 5.41) is 12.2. The zero-order valence-electron chi connectivity index (χ0n) is 10.9. The summed E-state index contributed by atoms with van der Waals surface area (Å²) >= 11 is 0. The average molecular weight is 268 g/mol. The summed E-state index contributed by atoms with van der Waals surface area (Å²) in [5.41, 5.74) is 1.72. The van der Waals surface area contributed by atoms with Crippen LogP contribution in [0.5, 0.6) is 0 Å². The van der Waals surface area contributed by atoms with E-state index >= 15 is 0 Å². The molecule has 0 saturated carbocycles. The second-order valence-corrected chi connectivity index (χ2v) is 4.20. The van der Waals surface area contributed by atoms with Gasteiger partial charge in [0.05, 0.1) is 6.54 Å². The molecular formula is C14H12N4O2. The van der Waals surface area contributed by atoms with E-state index in [1.807, 2.05) is 31.2 Å². The molecule has 6 heteroatoms. The molecule has 0 bridgehead atoms. The summed E-state index contributed by atoms with van der Waals surface area (Å²) in [6, 6.07) is 11.0.